The van der Waals surface area contributed by atoms with E-state index in [4.69, 9.17) is 15.2 Å². The number of nitrogens with zero attached hydrogens (tertiary/aromatic N) is 1. The number of morpholine rings is 1. The van der Waals surface area contributed by atoms with Gasteiger partial charge in [0, 0.05) is 19.2 Å². The van der Waals surface area contributed by atoms with Crippen molar-refractivity contribution in [3.8, 4) is 5.75 Å². The number of rotatable bonds is 6. The van der Waals surface area contributed by atoms with Gasteiger partial charge >= 0.3 is 0 Å². The highest BCUT2D eigenvalue weighted by Crippen LogP contribution is 2.36. The molecule has 1 aromatic carbocycles. The zero-order valence-corrected chi connectivity index (χ0v) is 14.0. The Balaban J connectivity index is 1.72. The van der Waals surface area contributed by atoms with Gasteiger partial charge in [0.15, 0.2) is 0 Å². The second kappa shape index (κ2) is 7.65. The third-order valence-corrected chi connectivity index (χ3v) is 5.00. The Morgan fingerprint density at radius 2 is 2.04 bits per heavy atom. The molecule has 2 heterocycles. The monoisotopic (exact) mass is 348 g/mol. The highest BCUT2D eigenvalue weighted by Gasteiger charge is 2.21. The van der Waals surface area contributed by atoms with Crippen LogP contribution < -0.4 is 15.4 Å². The van der Waals surface area contributed by atoms with Gasteiger partial charge in [0.05, 0.1) is 18.2 Å². The van der Waals surface area contributed by atoms with Crippen LogP contribution in [0.25, 0.3) is 0 Å². The first kappa shape index (κ1) is 16.8. The van der Waals surface area contributed by atoms with Gasteiger partial charge in [0.2, 0.25) is 0 Å². The number of hydrogen-bond acceptors (Lipinski definition) is 6. The molecule has 1 aromatic heterocycles. The quantitative estimate of drug-likeness (QED) is 0.831. The summed E-state index contributed by atoms with van der Waals surface area (Å²) in [5.41, 5.74) is 6.23. The highest BCUT2D eigenvalue weighted by atomic mass is 32.1. The normalized spacial score (nSPS) is 16.0. The number of aliphatic hydroxyl groups is 1. The van der Waals surface area contributed by atoms with Crippen LogP contribution in [0.4, 0.5) is 5.00 Å². The molecule has 3 rings (SSSR count). The lowest BCUT2D eigenvalue weighted by atomic mass is 10.1. The molecule has 3 N–H and O–H groups in total. The van der Waals surface area contributed by atoms with E-state index in [1.165, 1.54) is 11.3 Å². The Labute approximate surface area is 144 Å². The Morgan fingerprint density at radius 1 is 1.33 bits per heavy atom. The van der Waals surface area contributed by atoms with Crippen molar-refractivity contribution >= 4 is 22.2 Å². The number of primary amides is 1. The summed E-state index contributed by atoms with van der Waals surface area (Å²) in [6.07, 6.45) is -0.765. The second-order valence-electron chi connectivity index (χ2n) is 5.48. The smallest absolute Gasteiger partial charge is 0.262 e. The van der Waals surface area contributed by atoms with Crippen molar-refractivity contribution in [2.24, 2.45) is 5.73 Å². The summed E-state index contributed by atoms with van der Waals surface area (Å²) in [7, 11) is 0. The molecule has 24 heavy (non-hydrogen) atoms. The van der Waals surface area contributed by atoms with Gasteiger partial charge in [-0.2, -0.15) is 0 Å². The number of nitrogens with two attached hydrogens (primary N) is 1. The molecular formula is C17H20N2O4S. The van der Waals surface area contributed by atoms with Crippen LogP contribution in [0.2, 0.25) is 0 Å². The number of anilines is 1. The Hall–Kier alpha value is -2.09. The molecule has 2 aromatic rings. The maximum absolute atomic E-state index is 11.7. The summed E-state index contributed by atoms with van der Waals surface area (Å²) >= 11 is 1.31. The van der Waals surface area contributed by atoms with E-state index in [-0.39, 0.29) is 6.61 Å². The van der Waals surface area contributed by atoms with Gasteiger partial charge in [-0.15, -0.1) is 11.3 Å². The molecule has 7 heteroatoms. The van der Waals surface area contributed by atoms with E-state index in [1.807, 2.05) is 36.4 Å². The van der Waals surface area contributed by atoms with Crippen LogP contribution in [0.5, 0.6) is 5.75 Å². The van der Waals surface area contributed by atoms with Crippen LogP contribution in [0, 0.1) is 0 Å². The fourth-order valence-electron chi connectivity index (χ4n) is 2.52. The topological polar surface area (TPSA) is 85.0 Å². The van der Waals surface area contributed by atoms with E-state index in [0.717, 1.165) is 23.7 Å². The van der Waals surface area contributed by atoms with Crippen molar-refractivity contribution in [1.29, 1.82) is 0 Å². The molecule has 1 amide bonds. The fraction of sp³-hybridized carbons (Fsp3) is 0.353. The largest absolute Gasteiger partial charge is 0.489 e. The molecule has 1 fully saturated rings. The van der Waals surface area contributed by atoms with Gasteiger partial charge in [0.1, 0.15) is 23.3 Å². The molecule has 0 radical (unpaired) electrons. The van der Waals surface area contributed by atoms with Crippen LogP contribution in [0.15, 0.2) is 36.4 Å². The predicted molar refractivity (Wildman–Crippen MR) is 92.8 cm³/mol. The molecule has 1 aliphatic rings. The maximum Gasteiger partial charge on any atom is 0.262 e. The van der Waals surface area contributed by atoms with Crippen LogP contribution in [0.1, 0.15) is 21.3 Å². The van der Waals surface area contributed by atoms with Crippen molar-refractivity contribution in [3.63, 3.8) is 0 Å². The molecule has 0 saturated carbocycles. The average Bonchev–Trinajstić information content (AvgIpc) is 3.06. The number of thiophene rings is 1. The summed E-state index contributed by atoms with van der Waals surface area (Å²) in [4.78, 5) is 14.2. The molecule has 0 bridgehead atoms. The number of hydrogen-bond donors (Lipinski definition) is 2. The van der Waals surface area contributed by atoms with Gasteiger partial charge in [-0.1, -0.05) is 30.3 Å². The first-order valence-electron chi connectivity index (χ1n) is 7.77. The summed E-state index contributed by atoms with van der Waals surface area (Å²) in [6, 6.07) is 11.1. The van der Waals surface area contributed by atoms with Gasteiger partial charge in [-0.3, -0.25) is 4.79 Å². The van der Waals surface area contributed by atoms with E-state index in [0.29, 0.717) is 23.8 Å². The van der Waals surface area contributed by atoms with Crippen molar-refractivity contribution in [3.05, 3.63) is 46.8 Å². The molecule has 1 atom stereocenters. The van der Waals surface area contributed by atoms with E-state index in [1.54, 1.807) is 0 Å². The minimum atomic E-state index is -0.765. The third-order valence-electron chi connectivity index (χ3n) is 3.81. The number of carbonyl (C=O) groups excluding carboxylic acids is 1. The maximum atomic E-state index is 11.7. The van der Waals surface area contributed by atoms with Crippen molar-refractivity contribution < 1.29 is 19.4 Å². The predicted octanol–water partition coefficient (Wildman–Crippen LogP) is 1.80. The van der Waals surface area contributed by atoms with Gasteiger partial charge in [-0.05, 0) is 5.56 Å². The Kier molecular flexibility index (Phi) is 5.34. The number of ether oxygens (including phenoxy) is 2. The van der Waals surface area contributed by atoms with E-state index >= 15 is 0 Å². The number of benzene rings is 1. The average molecular weight is 348 g/mol. The summed E-state index contributed by atoms with van der Waals surface area (Å²) in [5.74, 6) is -0.104. The molecular weight excluding hydrogens is 328 g/mol. The SMILES string of the molecule is NC(=O)c1sc(N2CCOCC2)cc1OCC(O)c1ccccc1. The first-order valence-corrected chi connectivity index (χ1v) is 8.59. The van der Waals surface area contributed by atoms with Crippen molar-refractivity contribution in [2.75, 3.05) is 37.8 Å². The van der Waals surface area contributed by atoms with Crippen LogP contribution in [0.3, 0.4) is 0 Å². The molecule has 128 valence electrons. The Bertz CT molecular complexity index is 683. The van der Waals surface area contributed by atoms with Gasteiger partial charge < -0.3 is 25.2 Å². The van der Waals surface area contributed by atoms with E-state index in [9.17, 15) is 9.90 Å². The zero-order valence-electron chi connectivity index (χ0n) is 13.2. The highest BCUT2D eigenvalue weighted by molar-refractivity contribution is 7.18. The second-order valence-corrected chi connectivity index (χ2v) is 6.51. The summed E-state index contributed by atoms with van der Waals surface area (Å²) < 4.78 is 11.0. The number of carbonyl (C=O) groups is 1. The van der Waals surface area contributed by atoms with Crippen molar-refractivity contribution in [1.82, 2.24) is 0 Å². The third kappa shape index (κ3) is 3.87. The molecule has 0 aliphatic carbocycles. The van der Waals surface area contributed by atoms with Crippen molar-refractivity contribution in [2.45, 2.75) is 6.10 Å². The lowest BCUT2D eigenvalue weighted by Crippen LogP contribution is -2.35. The van der Waals surface area contributed by atoms with Gasteiger partial charge in [-0.25, -0.2) is 0 Å². The van der Waals surface area contributed by atoms with E-state index < -0.39 is 12.0 Å². The molecule has 0 spiro atoms. The molecule has 1 aliphatic heterocycles. The summed E-state index contributed by atoms with van der Waals surface area (Å²) in [6.45, 7) is 2.92. The molecule has 6 nitrogen and oxygen atoms in total. The number of amides is 1. The van der Waals surface area contributed by atoms with E-state index in [2.05, 4.69) is 4.90 Å². The minimum absolute atomic E-state index is 0.0591. The lowest BCUT2D eigenvalue weighted by molar-refractivity contribution is 0.0973. The molecule has 1 saturated heterocycles. The summed E-state index contributed by atoms with van der Waals surface area (Å²) in [5, 5.41) is 11.1. The Morgan fingerprint density at radius 3 is 2.71 bits per heavy atom. The fourth-order valence-corrected chi connectivity index (χ4v) is 3.53. The number of aliphatic hydroxyl groups excluding tert-OH is 1. The standard InChI is InChI=1S/C17H20N2O4S/c18-17(21)16-14(10-15(24-16)19-6-8-22-9-7-19)23-11-13(20)12-4-2-1-3-5-12/h1-5,10,13,20H,6-9,11H2,(H2,18,21). The first-order chi connectivity index (χ1) is 11.6. The van der Waals surface area contributed by atoms with Crippen LogP contribution in [-0.2, 0) is 4.74 Å². The lowest BCUT2D eigenvalue weighted by Gasteiger charge is -2.27. The van der Waals surface area contributed by atoms with Gasteiger partial charge in [0.25, 0.3) is 5.91 Å². The zero-order chi connectivity index (χ0) is 16.9. The van der Waals surface area contributed by atoms with Crippen LogP contribution >= 0.6 is 11.3 Å². The molecule has 1 unspecified atom stereocenters. The van der Waals surface area contributed by atoms with Crippen LogP contribution in [-0.4, -0.2) is 43.9 Å². The minimum Gasteiger partial charge on any atom is -0.489 e.